The van der Waals surface area contributed by atoms with E-state index in [9.17, 15) is 19.8 Å². The molecule has 1 saturated heterocycles. The van der Waals surface area contributed by atoms with E-state index in [0.717, 1.165) is 12.8 Å². The van der Waals surface area contributed by atoms with Gasteiger partial charge >= 0.3 is 6.09 Å². The third-order valence-electron chi connectivity index (χ3n) is 5.73. The van der Waals surface area contributed by atoms with Gasteiger partial charge in [-0.1, -0.05) is 0 Å². The van der Waals surface area contributed by atoms with Gasteiger partial charge in [-0.3, -0.25) is 9.36 Å². The standard InChI is InChI=1S/C20H29N7O7/c1-32-7-3-6-26(20(31)33-2)8-11-24-16(21)12-17(25-11)27(9-22-12)19-14(29)13(28)15(34-19)18(30)23-10-4-5-10/h9-10,13-15,19,28-29H,3-8H2,1-2H3,(H,23,30)(H2,21,24,25)/t13?,14?,15-,19+/m0/s1. The fourth-order valence-corrected chi connectivity index (χ4v) is 3.79. The number of hydrogen-bond acceptors (Lipinski definition) is 11. The second-order valence-electron chi connectivity index (χ2n) is 8.30. The molecule has 1 aliphatic heterocycles. The number of nitrogen functional groups attached to an aromatic ring is 1. The summed E-state index contributed by atoms with van der Waals surface area (Å²) in [7, 11) is 2.84. The molecule has 0 bridgehead atoms. The molecule has 4 atom stereocenters. The summed E-state index contributed by atoms with van der Waals surface area (Å²) in [6.45, 7) is 0.803. The van der Waals surface area contributed by atoms with Crippen LogP contribution < -0.4 is 11.1 Å². The molecule has 2 amide bonds. The van der Waals surface area contributed by atoms with Gasteiger partial charge in [0, 0.05) is 26.3 Å². The molecular weight excluding hydrogens is 450 g/mol. The first kappa shape index (κ1) is 24.1. The van der Waals surface area contributed by atoms with Crippen molar-refractivity contribution in [1.82, 2.24) is 29.7 Å². The SMILES string of the molecule is COCCCN(Cc1nc(N)c2ncn([C@@H]3O[C@H](C(=O)NC4CC4)C(O)C3O)c2n1)C(=O)OC. The molecule has 0 radical (unpaired) electrons. The van der Waals surface area contributed by atoms with Crippen molar-refractivity contribution in [3.63, 3.8) is 0 Å². The molecule has 1 aliphatic carbocycles. The van der Waals surface area contributed by atoms with E-state index in [1.54, 1.807) is 7.11 Å². The van der Waals surface area contributed by atoms with Crippen LogP contribution in [0.1, 0.15) is 31.3 Å². The number of hydrogen-bond donors (Lipinski definition) is 4. The summed E-state index contributed by atoms with van der Waals surface area (Å²) in [4.78, 5) is 38.9. The van der Waals surface area contributed by atoms with Gasteiger partial charge in [-0.05, 0) is 19.3 Å². The first-order chi connectivity index (χ1) is 16.3. The Balaban J connectivity index is 1.58. The maximum absolute atomic E-state index is 12.4. The molecule has 2 aromatic heterocycles. The van der Waals surface area contributed by atoms with Crippen molar-refractivity contribution in [2.45, 2.75) is 56.4 Å². The number of nitrogens with one attached hydrogen (secondary N) is 1. The van der Waals surface area contributed by atoms with E-state index in [0.29, 0.717) is 19.6 Å². The second-order valence-corrected chi connectivity index (χ2v) is 8.30. The summed E-state index contributed by atoms with van der Waals surface area (Å²) in [6, 6.07) is 0.0744. The van der Waals surface area contributed by atoms with Gasteiger partial charge in [0.25, 0.3) is 5.91 Å². The monoisotopic (exact) mass is 479 g/mol. The summed E-state index contributed by atoms with van der Waals surface area (Å²) < 4.78 is 17.0. The van der Waals surface area contributed by atoms with Crippen LogP contribution in [0.2, 0.25) is 0 Å². The predicted octanol–water partition coefficient (Wildman–Crippen LogP) is -1.09. The van der Waals surface area contributed by atoms with E-state index in [1.165, 1.54) is 22.9 Å². The van der Waals surface area contributed by atoms with Crippen molar-refractivity contribution in [1.29, 1.82) is 0 Å². The number of imidazole rings is 1. The lowest BCUT2D eigenvalue weighted by Gasteiger charge is -2.21. The first-order valence-electron chi connectivity index (χ1n) is 11.0. The Bertz CT molecular complexity index is 1040. The topological polar surface area (TPSA) is 187 Å². The summed E-state index contributed by atoms with van der Waals surface area (Å²) in [6.07, 6.45) is -2.11. The Kier molecular flexibility index (Phi) is 7.11. The average molecular weight is 479 g/mol. The van der Waals surface area contributed by atoms with E-state index in [2.05, 4.69) is 20.3 Å². The van der Waals surface area contributed by atoms with Crippen LogP contribution >= 0.6 is 0 Å². The molecule has 2 unspecified atom stereocenters. The van der Waals surface area contributed by atoms with Crippen LogP contribution in [0.3, 0.4) is 0 Å². The molecule has 14 heteroatoms. The minimum Gasteiger partial charge on any atom is -0.453 e. The highest BCUT2D eigenvalue weighted by atomic mass is 16.6. The molecule has 2 aliphatic rings. The molecular formula is C20H29N7O7. The van der Waals surface area contributed by atoms with Gasteiger partial charge in [-0.25, -0.2) is 19.7 Å². The van der Waals surface area contributed by atoms with Gasteiger partial charge < -0.3 is 40.4 Å². The van der Waals surface area contributed by atoms with Crippen LogP contribution in [-0.4, -0.2) is 98.4 Å². The Morgan fingerprint density at radius 1 is 1.29 bits per heavy atom. The largest absolute Gasteiger partial charge is 0.453 e. The molecule has 4 rings (SSSR count). The van der Waals surface area contributed by atoms with Crippen LogP contribution in [0.15, 0.2) is 6.33 Å². The third-order valence-corrected chi connectivity index (χ3v) is 5.73. The quantitative estimate of drug-likeness (QED) is 0.320. The average Bonchev–Trinajstić information content (AvgIpc) is 3.45. The highest BCUT2D eigenvalue weighted by Gasteiger charge is 2.48. The third kappa shape index (κ3) is 4.89. The fraction of sp³-hybridized carbons (Fsp3) is 0.650. The maximum atomic E-state index is 12.4. The number of rotatable bonds is 9. The number of nitrogens with two attached hydrogens (primary N) is 1. The van der Waals surface area contributed by atoms with Gasteiger partial charge in [0.05, 0.1) is 20.0 Å². The Hall–Kier alpha value is -3.07. The number of carbonyl (C=O) groups is 2. The summed E-state index contributed by atoms with van der Waals surface area (Å²) >= 11 is 0. The minimum atomic E-state index is -1.43. The Morgan fingerprint density at radius 2 is 2.06 bits per heavy atom. The number of aromatic nitrogens is 4. The molecule has 3 heterocycles. The van der Waals surface area contributed by atoms with Crippen molar-refractivity contribution in [3.05, 3.63) is 12.2 Å². The van der Waals surface area contributed by atoms with E-state index < -0.39 is 36.5 Å². The van der Waals surface area contributed by atoms with Crippen molar-refractivity contribution in [2.75, 3.05) is 33.1 Å². The minimum absolute atomic E-state index is 0.00479. The number of amides is 2. The van der Waals surface area contributed by atoms with Gasteiger partial charge in [0.2, 0.25) is 0 Å². The highest BCUT2D eigenvalue weighted by molar-refractivity contribution is 5.83. The molecule has 14 nitrogen and oxygen atoms in total. The molecule has 2 aromatic rings. The van der Waals surface area contributed by atoms with Crippen molar-refractivity contribution in [3.8, 4) is 0 Å². The lowest BCUT2D eigenvalue weighted by atomic mass is 10.1. The number of ether oxygens (including phenoxy) is 3. The lowest BCUT2D eigenvalue weighted by Crippen LogP contribution is -2.43. The zero-order valence-corrected chi connectivity index (χ0v) is 19.0. The van der Waals surface area contributed by atoms with E-state index in [-0.39, 0.29) is 35.4 Å². The summed E-state index contributed by atoms with van der Waals surface area (Å²) in [5.74, 6) is -0.206. The van der Waals surface area contributed by atoms with E-state index in [4.69, 9.17) is 19.9 Å². The van der Waals surface area contributed by atoms with Gasteiger partial charge in [-0.2, -0.15) is 0 Å². The number of methoxy groups -OCH3 is 2. The second kappa shape index (κ2) is 10.0. The number of anilines is 1. The molecule has 1 saturated carbocycles. The number of aliphatic hydroxyl groups excluding tert-OH is 2. The zero-order valence-electron chi connectivity index (χ0n) is 19.0. The zero-order chi connectivity index (χ0) is 24.4. The predicted molar refractivity (Wildman–Crippen MR) is 116 cm³/mol. The molecule has 34 heavy (non-hydrogen) atoms. The van der Waals surface area contributed by atoms with Crippen molar-refractivity contribution < 1.29 is 34.0 Å². The molecule has 2 fully saturated rings. The number of aliphatic hydroxyl groups is 2. The van der Waals surface area contributed by atoms with E-state index >= 15 is 0 Å². The van der Waals surface area contributed by atoms with Crippen LogP contribution in [0, 0.1) is 0 Å². The van der Waals surface area contributed by atoms with Crippen molar-refractivity contribution in [2.24, 2.45) is 0 Å². The maximum Gasteiger partial charge on any atom is 0.409 e. The summed E-state index contributed by atoms with van der Waals surface area (Å²) in [5.41, 5.74) is 6.56. The smallest absolute Gasteiger partial charge is 0.409 e. The lowest BCUT2D eigenvalue weighted by molar-refractivity contribution is -0.137. The number of nitrogens with zero attached hydrogens (tertiary/aromatic N) is 5. The molecule has 0 spiro atoms. The molecule has 186 valence electrons. The van der Waals surface area contributed by atoms with Crippen LogP contribution in [-0.2, 0) is 25.5 Å². The highest BCUT2D eigenvalue weighted by Crippen LogP contribution is 2.33. The number of fused-ring (bicyclic) bond motifs is 1. The van der Waals surface area contributed by atoms with Crippen LogP contribution in [0.25, 0.3) is 11.2 Å². The van der Waals surface area contributed by atoms with Crippen LogP contribution in [0.5, 0.6) is 0 Å². The van der Waals surface area contributed by atoms with E-state index in [1.807, 2.05) is 0 Å². The summed E-state index contributed by atoms with van der Waals surface area (Å²) in [5, 5.41) is 23.8. The van der Waals surface area contributed by atoms with Crippen LogP contribution in [0.4, 0.5) is 10.6 Å². The van der Waals surface area contributed by atoms with Gasteiger partial charge in [-0.15, -0.1) is 0 Å². The Labute approximate surface area is 195 Å². The molecule has 5 N–H and O–H groups in total. The normalized spacial score (nSPS) is 24.4. The fourth-order valence-electron chi connectivity index (χ4n) is 3.79. The van der Waals surface area contributed by atoms with Crippen molar-refractivity contribution >= 4 is 29.0 Å². The Morgan fingerprint density at radius 3 is 2.74 bits per heavy atom. The first-order valence-corrected chi connectivity index (χ1v) is 11.0. The van der Waals surface area contributed by atoms with Gasteiger partial charge in [0.15, 0.2) is 29.6 Å². The number of carbonyl (C=O) groups excluding carboxylic acids is 2. The molecule has 0 aromatic carbocycles. The van der Waals surface area contributed by atoms with Gasteiger partial charge in [0.1, 0.15) is 17.7 Å².